The minimum absolute atomic E-state index is 0.00792. The fraction of sp³-hybridized carbons (Fsp3) is 0.333. The summed E-state index contributed by atoms with van der Waals surface area (Å²) in [5, 5.41) is 3.96. The summed E-state index contributed by atoms with van der Waals surface area (Å²) in [6.07, 6.45) is 7.64. The van der Waals surface area contributed by atoms with Gasteiger partial charge in [-0.05, 0) is 6.07 Å². The molecular weight excluding hydrogens is 152 g/mol. The van der Waals surface area contributed by atoms with Gasteiger partial charge in [-0.2, -0.15) is 5.10 Å². The second kappa shape index (κ2) is 3.72. The van der Waals surface area contributed by atoms with Crippen molar-refractivity contribution in [3.63, 3.8) is 0 Å². The van der Waals surface area contributed by atoms with Gasteiger partial charge in [-0.1, -0.05) is 0 Å². The van der Waals surface area contributed by atoms with E-state index in [0.29, 0.717) is 18.5 Å². The number of hydrogen-bond acceptors (Lipinski definition) is 2. The van der Waals surface area contributed by atoms with Crippen LogP contribution in [0.2, 0.25) is 0 Å². The largest absolute Gasteiger partial charge is 0.292 e. The summed E-state index contributed by atoms with van der Waals surface area (Å²) in [6, 6.07) is 1.69. The van der Waals surface area contributed by atoms with E-state index in [1.807, 2.05) is 0 Å². The molecule has 1 heterocycles. The van der Waals surface area contributed by atoms with E-state index in [1.165, 1.54) is 0 Å². The molecule has 0 atom stereocenters. The van der Waals surface area contributed by atoms with Crippen LogP contribution in [0.3, 0.4) is 0 Å². The molecule has 0 radical (unpaired) electrons. The molecule has 0 fully saturated rings. The van der Waals surface area contributed by atoms with Crippen LogP contribution in [-0.4, -0.2) is 15.6 Å². The minimum Gasteiger partial charge on any atom is -0.292 e. The average Bonchev–Trinajstić information content (AvgIpc) is 2.47. The van der Waals surface area contributed by atoms with Gasteiger partial charge in [0.15, 0.2) is 5.78 Å². The second-order valence-electron chi connectivity index (χ2n) is 2.50. The van der Waals surface area contributed by atoms with Crippen LogP contribution >= 0.6 is 0 Å². The highest BCUT2D eigenvalue weighted by atomic mass is 16.1. The number of carbonyl (C=O) groups is 1. The normalized spacial score (nSPS) is 9.33. The first-order valence-electron chi connectivity index (χ1n) is 3.70. The molecule has 3 nitrogen and oxygen atoms in total. The first-order chi connectivity index (χ1) is 5.74. The number of aromatic nitrogens is 2. The number of terminal acetylenes is 1. The first kappa shape index (κ1) is 8.54. The topological polar surface area (TPSA) is 34.9 Å². The lowest BCUT2D eigenvalue weighted by Gasteiger charge is -1.91. The van der Waals surface area contributed by atoms with Crippen molar-refractivity contribution < 1.29 is 4.79 Å². The standard InChI is InChI=1S/C9H10N2O/c1-3-4-5-9(12)8-6-7-11(2)10-8/h1,6-7H,4-5H2,2H3. The summed E-state index contributed by atoms with van der Waals surface area (Å²) in [5.41, 5.74) is 0.493. The fourth-order valence-electron chi connectivity index (χ4n) is 0.878. The van der Waals surface area contributed by atoms with Crippen LogP contribution in [0.4, 0.5) is 0 Å². The van der Waals surface area contributed by atoms with Gasteiger partial charge in [0.1, 0.15) is 5.69 Å². The Morgan fingerprint density at radius 3 is 3.08 bits per heavy atom. The highest BCUT2D eigenvalue weighted by Crippen LogP contribution is 2.01. The molecule has 0 aliphatic rings. The van der Waals surface area contributed by atoms with Crippen LogP contribution in [-0.2, 0) is 7.05 Å². The summed E-state index contributed by atoms with van der Waals surface area (Å²) in [6.45, 7) is 0. The Bertz CT molecular complexity index is 320. The molecule has 0 saturated heterocycles. The lowest BCUT2D eigenvalue weighted by Crippen LogP contribution is -2.00. The van der Waals surface area contributed by atoms with Crippen molar-refractivity contribution in [3.05, 3.63) is 18.0 Å². The zero-order valence-corrected chi connectivity index (χ0v) is 6.95. The maximum atomic E-state index is 11.2. The molecule has 12 heavy (non-hydrogen) atoms. The van der Waals surface area contributed by atoms with Gasteiger partial charge in [-0.25, -0.2) is 0 Å². The number of hydrogen-bond donors (Lipinski definition) is 0. The molecule has 0 aliphatic carbocycles. The molecule has 3 heteroatoms. The van der Waals surface area contributed by atoms with Crippen LogP contribution in [0.5, 0.6) is 0 Å². The molecule has 0 N–H and O–H groups in total. The molecular formula is C9H10N2O. The molecule has 1 rings (SSSR count). The van der Waals surface area contributed by atoms with Gasteiger partial charge >= 0.3 is 0 Å². The van der Waals surface area contributed by atoms with E-state index in [4.69, 9.17) is 6.42 Å². The Kier molecular flexibility index (Phi) is 2.65. The van der Waals surface area contributed by atoms with Crippen molar-refractivity contribution in [2.75, 3.05) is 0 Å². The van der Waals surface area contributed by atoms with Crippen LogP contribution < -0.4 is 0 Å². The van der Waals surface area contributed by atoms with Gasteiger partial charge in [0, 0.05) is 26.1 Å². The fourth-order valence-corrected chi connectivity index (χ4v) is 0.878. The van der Waals surface area contributed by atoms with Crippen molar-refractivity contribution in [1.82, 2.24) is 9.78 Å². The number of aryl methyl sites for hydroxylation is 1. The Balaban J connectivity index is 2.61. The van der Waals surface area contributed by atoms with E-state index in [1.54, 1.807) is 24.0 Å². The summed E-state index contributed by atoms with van der Waals surface area (Å²) in [4.78, 5) is 11.2. The molecule has 0 unspecified atom stereocenters. The van der Waals surface area contributed by atoms with Crippen LogP contribution in [0.15, 0.2) is 12.3 Å². The summed E-state index contributed by atoms with van der Waals surface area (Å²) >= 11 is 0. The van der Waals surface area contributed by atoms with Crippen LogP contribution in [0.1, 0.15) is 23.3 Å². The first-order valence-corrected chi connectivity index (χ1v) is 3.70. The van der Waals surface area contributed by atoms with Crippen LogP contribution in [0, 0.1) is 12.3 Å². The number of Topliss-reactive ketones (excluding diaryl/α,β-unsaturated/α-hetero) is 1. The molecule has 62 valence electrons. The van der Waals surface area contributed by atoms with Gasteiger partial charge < -0.3 is 0 Å². The maximum Gasteiger partial charge on any atom is 0.183 e. The molecule has 0 saturated carbocycles. The Labute approximate surface area is 71.4 Å². The van der Waals surface area contributed by atoms with Crippen molar-refractivity contribution in [2.45, 2.75) is 12.8 Å². The highest BCUT2D eigenvalue weighted by molar-refractivity contribution is 5.94. The van der Waals surface area contributed by atoms with E-state index in [2.05, 4.69) is 11.0 Å². The number of nitrogens with zero attached hydrogens (tertiary/aromatic N) is 2. The zero-order chi connectivity index (χ0) is 8.97. The number of ketones is 1. The monoisotopic (exact) mass is 162 g/mol. The summed E-state index contributed by atoms with van der Waals surface area (Å²) < 4.78 is 1.60. The SMILES string of the molecule is C#CCCC(=O)c1ccn(C)n1. The van der Waals surface area contributed by atoms with Gasteiger partial charge in [-0.3, -0.25) is 9.48 Å². The average molecular weight is 162 g/mol. The molecule has 0 aliphatic heterocycles. The maximum absolute atomic E-state index is 11.2. The van der Waals surface area contributed by atoms with Gasteiger partial charge in [0.05, 0.1) is 0 Å². The molecule has 1 aromatic rings. The third-order valence-corrected chi connectivity index (χ3v) is 1.50. The van der Waals surface area contributed by atoms with Gasteiger partial charge in [0.2, 0.25) is 0 Å². The van der Waals surface area contributed by atoms with Crippen molar-refractivity contribution in [2.24, 2.45) is 7.05 Å². The summed E-state index contributed by atoms with van der Waals surface area (Å²) in [5.74, 6) is 2.43. The minimum atomic E-state index is 0.00792. The van der Waals surface area contributed by atoms with E-state index in [-0.39, 0.29) is 5.78 Å². The van der Waals surface area contributed by atoms with Gasteiger partial charge in [-0.15, -0.1) is 12.3 Å². The predicted octanol–water partition coefficient (Wildman–Crippen LogP) is 1.02. The molecule has 0 spiro atoms. The zero-order valence-electron chi connectivity index (χ0n) is 6.95. The number of rotatable bonds is 3. The quantitative estimate of drug-likeness (QED) is 0.491. The van der Waals surface area contributed by atoms with Crippen molar-refractivity contribution in [3.8, 4) is 12.3 Å². The third-order valence-electron chi connectivity index (χ3n) is 1.50. The second-order valence-corrected chi connectivity index (χ2v) is 2.50. The third kappa shape index (κ3) is 1.96. The van der Waals surface area contributed by atoms with E-state index >= 15 is 0 Å². The van der Waals surface area contributed by atoms with Crippen LogP contribution in [0.25, 0.3) is 0 Å². The van der Waals surface area contributed by atoms with Crippen molar-refractivity contribution in [1.29, 1.82) is 0 Å². The molecule has 0 bridgehead atoms. The lowest BCUT2D eigenvalue weighted by atomic mass is 10.2. The predicted molar refractivity (Wildman–Crippen MR) is 45.6 cm³/mol. The van der Waals surface area contributed by atoms with Crippen molar-refractivity contribution >= 4 is 5.78 Å². The lowest BCUT2D eigenvalue weighted by molar-refractivity contribution is 0.0979. The molecule has 0 amide bonds. The Morgan fingerprint density at radius 2 is 2.58 bits per heavy atom. The Morgan fingerprint density at radius 1 is 1.83 bits per heavy atom. The molecule has 0 aromatic carbocycles. The Hall–Kier alpha value is -1.56. The highest BCUT2D eigenvalue weighted by Gasteiger charge is 2.06. The molecule has 1 aromatic heterocycles. The van der Waals surface area contributed by atoms with Gasteiger partial charge in [0.25, 0.3) is 0 Å². The number of carbonyl (C=O) groups excluding carboxylic acids is 1. The van der Waals surface area contributed by atoms with E-state index in [0.717, 1.165) is 0 Å². The smallest absolute Gasteiger partial charge is 0.183 e. The van der Waals surface area contributed by atoms with E-state index < -0.39 is 0 Å². The van der Waals surface area contributed by atoms with E-state index in [9.17, 15) is 4.79 Å². The summed E-state index contributed by atoms with van der Waals surface area (Å²) in [7, 11) is 1.78.